The summed E-state index contributed by atoms with van der Waals surface area (Å²) in [5.74, 6) is -1.00. The number of benzene rings is 1. The minimum Gasteiger partial charge on any atom is -0.478 e. The van der Waals surface area contributed by atoms with Gasteiger partial charge in [0.05, 0.1) is 5.56 Å². The number of aryl methyl sites for hydroxylation is 1. The summed E-state index contributed by atoms with van der Waals surface area (Å²) < 4.78 is 0. The normalized spacial score (nSPS) is 10.2. The molecule has 1 aromatic carbocycles. The summed E-state index contributed by atoms with van der Waals surface area (Å²) >= 11 is 0. The number of aromatic nitrogens is 1. The van der Waals surface area contributed by atoms with Gasteiger partial charge in [0.1, 0.15) is 0 Å². The molecule has 0 saturated heterocycles. The van der Waals surface area contributed by atoms with Gasteiger partial charge in [0.2, 0.25) is 0 Å². The largest absolute Gasteiger partial charge is 0.478 e. The van der Waals surface area contributed by atoms with Crippen molar-refractivity contribution in [1.82, 2.24) is 4.98 Å². The van der Waals surface area contributed by atoms with Gasteiger partial charge in [-0.1, -0.05) is 6.07 Å². The van der Waals surface area contributed by atoms with Gasteiger partial charge in [-0.15, -0.1) is 0 Å². The van der Waals surface area contributed by atoms with Gasteiger partial charge in [0, 0.05) is 29.8 Å². The van der Waals surface area contributed by atoms with Gasteiger partial charge in [-0.25, -0.2) is 4.79 Å². The number of nitrogens with two attached hydrogens (primary N) is 1. The highest BCUT2D eigenvalue weighted by atomic mass is 16.4. The Hall–Kier alpha value is -2.56. The van der Waals surface area contributed by atoms with Crippen LogP contribution in [0.2, 0.25) is 0 Å². The predicted molar refractivity (Wildman–Crippen MR) is 74.1 cm³/mol. The van der Waals surface area contributed by atoms with Gasteiger partial charge < -0.3 is 16.2 Å². The van der Waals surface area contributed by atoms with E-state index in [-0.39, 0.29) is 5.56 Å². The Labute approximate surface area is 111 Å². The van der Waals surface area contributed by atoms with Crippen LogP contribution < -0.4 is 11.1 Å². The maximum atomic E-state index is 11.1. The van der Waals surface area contributed by atoms with Crippen molar-refractivity contribution in [3.63, 3.8) is 0 Å². The van der Waals surface area contributed by atoms with Crippen LogP contribution in [-0.4, -0.2) is 16.1 Å². The molecule has 0 aliphatic carbocycles. The van der Waals surface area contributed by atoms with E-state index in [9.17, 15) is 4.79 Å². The van der Waals surface area contributed by atoms with Gasteiger partial charge in [-0.2, -0.15) is 0 Å². The lowest BCUT2D eigenvalue weighted by Crippen LogP contribution is -2.07. The van der Waals surface area contributed by atoms with E-state index in [0.29, 0.717) is 17.9 Å². The number of hydrogen-bond acceptors (Lipinski definition) is 4. The van der Waals surface area contributed by atoms with Crippen molar-refractivity contribution >= 4 is 17.3 Å². The first-order chi connectivity index (χ1) is 9.06. The molecule has 0 fully saturated rings. The molecule has 4 N–H and O–H groups in total. The first-order valence-electron chi connectivity index (χ1n) is 5.84. The third-order valence-corrected chi connectivity index (χ3v) is 2.73. The number of nitrogen functional groups attached to an aromatic ring is 1. The smallest absolute Gasteiger partial charge is 0.337 e. The fourth-order valence-corrected chi connectivity index (χ4v) is 1.69. The maximum absolute atomic E-state index is 11.1. The molecular formula is C14H15N3O2. The van der Waals surface area contributed by atoms with E-state index < -0.39 is 5.97 Å². The van der Waals surface area contributed by atoms with Crippen LogP contribution in [0.15, 0.2) is 36.5 Å². The molecule has 0 atom stereocenters. The lowest BCUT2D eigenvalue weighted by Gasteiger charge is -2.10. The summed E-state index contributed by atoms with van der Waals surface area (Å²) in [6, 6.07) is 8.64. The highest BCUT2D eigenvalue weighted by Gasteiger charge is 2.10. The number of rotatable bonds is 4. The van der Waals surface area contributed by atoms with Crippen LogP contribution in [-0.2, 0) is 6.54 Å². The van der Waals surface area contributed by atoms with E-state index in [4.69, 9.17) is 10.8 Å². The van der Waals surface area contributed by atoms with Crippen molar-refractivity contribution in [1.29, 1.82) is 0 Å². The zero-order chi connectivity index (χ0) is 13.8. The van der Waals surface area contributed by atoms with Crippen molar-refractivity contribution in [2.45, 2.75) is 13.5 Å². The Balaban J connectivity index is 2.15. The Bertz CT molecular complexity index is 594. The molecule has 0 saturated carbocycles. The molecule has 1 aromatic heterocycles. The van der Waals surface area contributed by atoms with Crippen molar-refractivity contribution in [2.24, 2.45) is 0 Å². The van der Waals surface area contributed by atoms with Crippen LogP contribution in [0.3, 0.4) is 0 Å². The molecular weight excluding hydrogens is 242 g/mol. The van der Waals surface area contributed by atoms with E-state index in [0.717, 1.165) is 11.3 Å². The van der Waals surface area contributed by atoms with Gasteiger partial charge in [0.25, 0.3) is 0 Å². The monoisotopic (exact) mass is 257 g/mol. The minimum atomic E-state index is -1.00. The fourth-order valence-electron chi connectivity index (χ4n) is 1.69. The average molecular weight is 257 g/mol. The van der Waals surface area contributed by atoms with Gasteiger partial charge in [-0.3, -0.25) is 4.98 Å². The standard InChI is InChI=1S/C14H15N3O2/c1-9-2-3-10(7-16-9)8-17-13-5-4-11(15)6-12(13)14(18)19/h2-7,17H,8,15H2,1H3,(H,18,19). The molecule has 0 bridgehead atoms. The van der Waals surface area contributed by atoms with Crippen molar-refractivity contribution < 1.29 is 9.90 Å². The fraction of sp³-hybridized carbons (Fsp3) is 0.143. The molecule has 0 aliphatic rings. The molecule has 19 heavy (non-hydrogen) atoms. The number of pyridine rings is 1. The molecule has 0 spiro atoms. The molecule has 5 heteroatoms. The summed E-state index contributed by atoms with van der Waals surface area (Å²) in [6.45, 7) is 2.43. The number of nitrogens with zero attached hydrogens (tertiary/aromatic N) is 1. The lowest BCUT2D eigenvalue weighted by molar-refractivity contribution is 0.0698. The van der Waals surface area contributed by atoms with Gasteiger partial charge >= 0.3 is 5.97 Å². The van der Waals surface area contributed by atoms with Crippen LogP contribution in [0.5, 0.6) is 0 Å². The van der Waals surface area contributed by atoms with E-state index >= 15 is 0 Å². The number of anilines is 2. The second-order valence-corrected chi connectivity index (χ2v) is 4.27. The Morgan fingerprint density at radius 1 is 1.37 bits per heavy atom. The summed E-state index contributed by atoms with van der Waals surface area (Å²) in [4.78, 5) is 15.3. The zero-order valence-electron chi connectivity index (χ0n) is 10.6. The highest BCUT2D eigenvalue weighted by Crippen LogP contribution is 2.19. The molecule has 0 aliphatic heterocycles. The third kappa shape index (κ3) is 3.22. The molecule has 0 radical (unpaired) electrons. The SMILES string of the molecule is Cc1ccc(CNc2ccc(N)cc2C(=O)O)cn1. The Morgan fingerprint density at radius 2 is 2.16 bits per heavy atom. The summed E-state index contributed by atoms with van der Waals surface area (Å²) in [5, 5.41) is 12.2. The number of carbonyl (C=O) groups is 1. The van der Waals surface area contributed by atoms with Crippen LogP contribution in [0.25, 0.3) is 0 Å². The van der Waals surface area contributed by atoms with Crippen LogP contribution in [0, 0.1) is 6.92 Å². The third-order valence-electron chi connectivity index (χ3n) is 2.73. The summed E-state index contributed by atoms with van der Waals surface area (Å²) in [6.07, 6.45) is 1.76. The highest BCUT2D eigenvalue weighted by molar-refractivity contribution is 5.95. The Morgan fingerprint density at radius 3 is 2.79 bits per heavy atom. The number of carboxylic acids is 1. The van der Waals surface area contributed by atoms with Crippen LogP contribution >= 0.6 is 0 Å². The van der Waals surface area contributed by atoms with Crippen LogP contribution in [0.4, 0.5) is 11.4 Å². The molecule has 2 aromatic rings. The van der Waals surface area contributed by atoms with Crippen LogP contribution in [0.1, 0.15) is 21.6 Å². The molecule has 0 amide bonds. The minimum absolute atomic E-state index is 0.167. The summed E-state index contributed by atoms with van der Waals surface area (Å²) in [5.41, 5.74) is 8.66. The predicted octanol–water partition coefficient (Wildman–Crippen LogP) is 2.28. The van der Waals surface area contributed by atoms with Crippen molar-refractivity contribution in [3.05, 3.63) is 53.3 Å². The molecule has 0 unspecified atom stereocenters. The van der Waals surface area contributed by atoms with Crippen molar-refractivity contribution in [2.75, 3.05) is 11.1 Å². The number of aromatic carboxylic acids is 1. The number of nitrogens with one attached hydrogen (secondary N) is 1. The molecule has 5 nitrogen and oxygen atoms in total. The summed E-state index contributed by atoms with van der Waals surface area (Å²) in [7, 11) is 0. The second kappa shape index (κ2) is 5.39. The van der Waals surface area contributed by atoms with E-state index in [2.05, 4.69) is 10.3 Å². The van der Waals surface area contributed by atoms with E-state index in [1.54, 1.807) is 18.3 Å². The topological polar surface area (TPSA) is 88.2 Å². The van der Waals surface area contributed by atoms with E-state index in [1.165, 1.54) is 6.07 Å². The first kappa shape index (κ1) is 12.9. The molecule has 2 rings (SSSR count). The average Bonchev–Trinajstić information content (AvgIpc) is 2.39. The lowest BCUT2D eigenvalue weighted by atomic mass is 10.1. The molecule has 98 valence electrons. The van der Waals surface area contributed by atoms with E-state index in [1.807, 2.05) is 19.1 Å². The second-order valence-electron chi connectivity index (χ2n) is 4.27. The van der Waals surface area contributed by atoms with Crippen molar-refractivity contribution in [3.8, 4) is 0 Å². The zero-order valence-corrected chi connectivity index (χ0v) is 10.6. The van der Waals surface area contributed by atoms with Gasteiger partial charge in [-0.05, 0) is 36.8 Å². The maximum Gasteiger partial charge on any atom is 0.337 e. The van der Waals surface area contributed by atoms with Gasteiger partial charge in [0.15, 0.2) is 0 Å². The molecule has 1 heterocycles. The number of hydrogen-bond donors (Lipinski definition) is 3. The first-order valence-corrected chi connectivity index (χ1v) is 5.84. The Kier molecular flexibility index (Phi) is 3.66. The quantitative estimate of drug-likeness (QED) is 0.731. The number of carboxylic acid groups (broad SMARTS) is 1.